The van der Waals surface area contributed by atoms with Gasteiger partial charge in [-0.2, -0.15) is 5.21 Å². The number of aromatic amines is 1. The molecule has 0 bridgehead atoms. The number of imidazole rings is 1. The maximum absolute atomic E-state index is 13.0. The fraction of sp³-hybridized carbons (Fsp3) is 0.346. The summed E-state index contributed by atoms with van der Waals surface area (Å²) in [7, 11) is 0. The van der Waals surface area contributed by atoms with E-state index >= 15 is 0 Å². The lowest BCUT2D eigenvalue weighted by molar-refractivity contribution is 0.0904. The van der Waals surface area contributed by atoms with Gasteiger partial charge in [0.2, 0.25) is 11.7 Å². The third kappa shape index (κ3) is 5.06. The molecule has 1 N–H and O–H groups in total. The van der Waals surface area contributed by atoms with E-state index in [4.69, 9.17) is 0 Å². The van der Waals surface area contributed by atoms with Crippen molar-refractivity contribution in [3.63, 3.8) is 0 Å². The Morgan fingerprint density at radius 3 is 2.41 bits per heavy atom. The van der Waals surface area contributed by atoms with Gasteiger partial charge in [-0.05, 0) is 34.7 Å². The second-order valence-electron chi connectivity index (χ2n) is 8.40. The largest absolute Gasteiger partial charge is 0.335 e. The minimum atomic E-state index is -0.260. The van der Waals surface area contributed by atoms with Crippen LogP contribution in [0.4, 0.5) is 0 Å². The number of aryl methyl sites for hydroxylation is 1. The third-order valence-corrected chi connectivity index (χ3v) is 6.04. The van der Waals surface area contributed by atoms with Crippen LogP contribution < -0.4 is 5.69 Å². The van der Waals surface area contributed by atoms with Gasteiger partial charge in [-0.25, -0.2) is 9.36 Å². The topological polar surface area (TPSA) is 98.5 Å². The van der Waals surface area contributed by atoms with Gasteiger partial charge in [0.05, 0.1) is 6.54 Å². The molecule has 0 aliphatic heterocycles. The molecule has 8 heteroatoms. The Hall–Kier alpha value is -3.81. The van der Waals surface area contributed by atoms with Gasteiger partial charge in [-0.3, -0.25) is 9.36 Å². The first-order valence-corrected chi connectivity index (χ1v) is 11.9. The van der Waals surface area contributed by atoms with Crippen LogP contribution in [-0.4, -0.2) is 35.7 Å². The zero-order chi connectivity index (χ0) is 23.9. The van der Waals surface area contributed by atoms with Crippen LogP contribution >= 0.6 is 0 Å². The Bertz CT molecular complexity index is 1290. The smallest absolute Gasteiger partial charge is 0.292 e. The van der Waals surface area contributed by atoms with Crippen LogP contribution in [0.3, 0.4) is 0 Å². The second kappa shape index (κ2) is 10.9. The molecule has 2 aromatic carbocycles. The Labute approximate surface area is 198 Å². The molecule has 176 valence electrons. The van der Waals surface area contributed by atoms with Crippen molar-refractivity contribution in [2.75, 3.05) is 0 Å². The molecule has 0 saturated carbocycles. The fourth-order valence-electron chi connectivity index (χ4n) is 4.16. The summed E-state index contributed by atoms with van der Waals surface area (Å²) < 4.78 is 3.01. The van der Waals surface area contributed by atoms with E-state index in [0.29, 0.717) is 18.8 Å². The van der Waals surface area contributed by atoms with Gasteiger partial charge in [0.1, 0.15) is 0 Å². The van der Waals surface area contributed by atoms with Gasteiger partial charge in [0, 0.05) is 23.9 Å². The average molecular weight is 459 g/mol. The van der Waals surface area contributed by atoms with E-state index in [2.05, 4.69) is 27.5 Å². The molecule has 4 rings (SSSR count). The first kappa shape index (κ1) is 23.4. The average Bonchev–Trinajstić information content (AvgIpc) is 3.51. The monoisotopic (exact) mass is 458 g/mol. The van der Waals surface area contributed by atoms with Crippen molar-refractivity contribution in [3.05, 3.63) is 76.5 Å². The van der Waals surface area contributed by atoms with Crippen molar-refractivity contribution < 1.29 is 4.79 Å². The van der Waals surface area contributed by atoms with E-state index < -0.39 is 0 Å². The van der Waals surface area contributed by atoms with Crippen molar-refractivity contribution in [1.29, 1.82) is 0 Å². The normalized spacial score (nSPS) is 11.1. The summed E-state index contributed by atoms with van der Waals surface area (Å²) in [5, 5.41) is 14.4. The van der Waals surface area contributed by atoms with Gasteiger partial charge in [0.15, 0.2) is 0 Å². The number of unbranched alkanes of at least 4 members (excludes halogenated alkanes) is 3. The molecule has 0 fully saturated rings. The predicted molar refractivity (Wildman–Crippen MR) is 132 cm³/mol. The standard InChI is InChI=1S/C26H30N6O2/c1-3-5-6-7-10-21-18-32(24(33)4-2)26(34)31(21)17-19-13-15-20(16-14-19)22-11-8-9-12-23(22)25-27-29-30-28-25/h8-9,11-16,18H,3-7,10,17H2,1-2H3,(H,27,28,29,30). The van der Waals surface area contributed by atoms with Gasteiger partial charge >= 0.3 is 5.69 Å². The predicted octanol–water partition coefficient (Wildman–Crippen LogP) is 4.72. The van der Waals surface area contributed by atoms with Crippen LogP contribution in [0.25, 0.3) is 22.5 Å². The van der Waals surface area contributed by atoms with Gasteiger partial charge < -0.3 is 0 Å². The zero-order valence-electron chi connectivity index (χ0n) is 19.7. The summed E-state index contributed by atoms with van der Waals surface area (Å²) in [6, 6.07) is 16.0. The second-order valence-corrected chi connectivity index (χ2v) is 8.40. The fourth-order valence-corrected chi connectivity index (χ4v) is 4.16. The summed E-state index contributed by atoms with van der Waals surface area (Å²) in [5.41, 5.74) is 4.57. The molecule has 0 spiro atoms. The lowest BCUT2D eigenvalue weighted by Crippen LogP contribution is -2.29. The number of carbonyl (C=O) groups excluding carboxylic acids is 1. The van der Waals surface area contributed by atoms with Gasteiger partial charge in [0.25, 0.3) is 0 Å². The Morgan fingerprint density at radius 2 is 1.74 bits per heavy atom. The number of H-pyrrole nitrogens is 1. The number of tetrazole rings is 1. The number of rotatable bonds is 10. The van der Waals surface area contributed by atoms with E-state index in [0.717, 1.165) is 53.6 Å². The van der Waals surface area contributed by atoms with Crippen molar-refractivity contribution in [3.8, 4) is 22.5 Å². The zero-order valence-corrected chi connectivity index (χ0v) is 19.7. The van der Waals surface area contributed by atoms with E-state index in [1.54, 1.807) is 17.7 Å². The molecule has 0 saturated heterocycles. The molecule has 8 nitrogen and oxygen atoms in total. The highest BCUT2D eigenvalue weighted by molar-refractivity contribution is 5.80. The first-order chi connectivity index (χ1) is 16.6. The van der Waals surface area contributed by atoms with Crippen LogP contribution in [0.1, 0.15) is 62.0 Å². The lowest BCUT2D eigenvalue weighted by atomic mass is 9.98. The highest BCUT2D eigenvalue weighted by atomic mass is 16.2. The number of hydrogen-bond acceptors (Lipinski definition) is 5. The highest BCUT2D eigenvalue weighted by Gasteiger charge is 2.16. The van der Waals surface area contributed by atoms with Crippen molar-refractivity contribution in [2.24, 2.45) is 0 Å². The maximum Gasteiger partial charge on any atom is 0.335 e. The molecule has 0 aliphatic carbocycles. The van der Waals surface area contributed by atoms with E-state index in [1.165, 1.54) is 11.0 Å². The number of nitrogens with zero attached hydrogens (tertiary/aromatic N) is 5. The molecule has 0 radical (unpaired) electrons. The Morgan fingerprint density at radius 1 is 0.971 bits per heavy atom. The van der Waals surface area contributed by atoms with Crippen molar-refractivity contribution >= 4 is 5.91 Å². The van der Waals surface area contributed by atoms with Gasteiger partial charge in [-0.1, -0.05) is 81.6 Å². The van der Waals surface area contributed by atoms with Crippen LogP contribution in [0, 0.1) is 0 Å². The van der Waals surface area contributed by atoms with Gasteiger partial charge in [-0.15, -0.1) is 10.2 Å². The summed E-state index contributed by atoms with van der Waals surface area (Å²) in [4.78, 5) is 25.3. The number of nitrogens with one attached hydrogen (secondary N) is 1. The number of hydrogen-bond donors (Lipinski definition) is 1. The van der Waals surface area contributed by atoms with Crippen LogP contribution in [0.5, 0.6) is 0 Å². The minimum absolute atomic E-state index is 0.174. The van der Waals surface area contributed by atoms with Crippen LogP contribution in [-0.2, 0) is 13.0 Å². The highest BCUT2D eigenvalue weighted by Crippen LogP contribution is 2.29. The van der Waals surface area contributed by atoms with E-state index in [9.17, 15) is 9.59 Å². The number of carbonyl (C=O) groups is 1. The summed E-state index contributed by atoms with van der Waals surface area (Å²) in [6.45, 7) is 4.38. The molecule has 34 heavy (non-hydrogen) atoms. The molecule has 0 aliphatic rings. The quantitative estimate of drug-likeness (QED) is 0.347. The first-order valence-electron chi connectivity index (χ1n) is 11.9. The molecule has 4 aromatic rings. The Kier molecular flexibility index (Phi) is 7.47. The molecule has 0 atom stereocenters. The molecular weight excluding hydrogens is 428 g/mol. The summed E-state index contributed by atoms with van der Waals surface area (Å²) in [6.07, 6.45) is 7.27. The van der Waals surface area contributed by atoms with Crippen molar-refractivity contribution in [1.82, 2.24) is 29.8 Å². The summed E-state index contributed by atoms with van der Waals surface area (Å²) >= 11 is 0. The number of aromatic nitrogens is 6. The Balaban J connectivity index is 1.60. The molecular formula is C26H30N6O2. The SMILES string of the molecule is CCCCCCc1cn(C(=O)CC)c(=O)n1Cc1ccc(-c2ccccc2-c2nn[nH]n2)cc1. The third-order valence-electron chi connectivity index (χ3n) is 6.04. The molecule has 0 unspecified atom stereocenters. The number of benzene rings is 2. The maximum atomic E-state index is 13.0. The van der Waals surface area contributed by atoms with Crippen LogP contribution in [0.2, 0.25) is 0 Å². The molecule has 0 amide bonds. The van der Waals surface area contributed by atoms with E-state index in [-0.39, 0.29) is 11.6 Å². The minimum Gasteiger partial charge on any atom is -0.292 e. The lowest BCUT2D eigenvalue weighted by Gasteiger charge is -2.10. The summed E-state index contributed by atoms with van der Waals surface area (Å²) in [5.74, 6) is 0.368. The van der Waals surface area contributed by atoms with Crippen molar-refractivity contribution in [2.45, 2.75) is 58.9 Å². The van der Waals surface area contributed by atoms with E-state index in [1.807, 2.05) is 48.5 Å². The molecule has 2 heterocycles. The molecule has 2 aromatic heterocycles. The van der Waals surface area contributed by atoms with Crippen LogP contribution in [0.15, 0.2) is 59.5 Å².